The third-order valence-electron chi connectivity index (χ3n) is 8.21. The van der Waals surface area contributed by atoms with Crippen molar-refractivity contribution in [1.29, 1.82) is 0 Å². The van der Waals surface area contributed by atoms with E-state index in [1.807, 2.05) is 30.3 Å². The number of halogens is 2. The molecule has 0 radical (unpaired) electrons. The molecular weight excluding hydrogens is 627 g/mol. The van der Waals surface area contributed by atoms with Crippen molar-refractivity contribution in [2.75, 3.05) is 26.2 Å². The molecular formula is C31H36F2N3O7PS. The highest BCUT2D eigenvalue weighted by Gasteiger charge is 2.50. The fraction of sp³-hybridized carbons (Fsp3) is 0.452. The standard InChI is InChI=1S/C31H36F2N3O7PS/c1-30(2,3)26(34-27(37)25-17-20-16-21(11-12-24(20)45-25)31(32,33)44(40,41)42)29(39)36-13-7-10-22(36)28(38)35-14-15-43-23(18-35)19-8-5-4-6-9-19/h4-6,8-9,11-12,16-17,22-23,26H,7,10,13-15,18H2,1-3H3,(H,34,37)(H2,40,41,42)/t22-,23+,26?/m0/s1. The molecule has 1 aromatic heterocycles. The van der Waals surface area contributed by atoms with E-state index in [0.29, 0.717) is 43.8 Å². The lowest BCUT2D eigenvalue weighted by Crippen LogP contribution is -2.58. The van der Waals surface area contributed by atoms with E-state index in [1.54, 1.807) is 30.6 Å². The highest BCUT2D eigenvalue weighted by Crippen LogP contribution is 2.59. The second-order valence-corrected chi connectivity index (χ2v) is 15.2. The van der Waals surface area contributed by atoms with Crippen molar-refractivity contribution in [1.82, 2.24) is 15.1 Å². The van der Waals surface area contributed by atoms with Gasteiger partial charge in [0.2, 0.25) is 11.8 Å². The van der Waals surface area contributed by atoms with E-state index in [-0.39, 0.29) is 28.2 Å². The number of carbonyl (C=O) groups is 3. The summed E-state index contributed by atoms with van der Waals surface area (Å²) in [7, 11) is -5.76. The topological polar surface area (TPSA) is 136 Å². The van der Waals surface area contributed by atoms with Crippen LogP contribution in [-0.4, -0.2) is 75.6 Å². The molecule has 0 aliphatic carbocycles. The average Bonchev–Trinajstić information content (AvgIpc) is 3.66. The molecule has 2 aromatic carbocycles. The summed E-state index contributed by atoms with van der Waals surface area (Å²) in [6.07, 6.45) is 0.870. The Labute approximate surface area is 263 Å². The molecule has 10 nitrogen and oxygen atoms in total. The minimum atomic E-state index is -5.76. The van der Waals surface area contributed by atoms with Gasteiger partial charge in [-0.25, -0.2) is 0 Å². The van der Waals surface area contributed by atoms with Gasteiger partial charge >= 0.3 is 13.3 Å². The lowest BCUT2D eigenvalue weighted by Gasteiger charge is -2.38. The highest BCUT2D eigenvalue weighted by atomic mass is 32.1. The highest BCUT2D eigenvalue weighted by molar-refractivity contribution is 7.52. The van der Waals surface area contributed by atoms with Crippen LogP contribution < -0.4 is 5.32 Å². The van der Waals surface area contributed by atoms with Crippen molar-refractivity contribution < 1.29 is 42.3 Å². The fourth-order valence-electron chi connectivity index (χ4n) is 5.74. The number of hydrogen-bond donors (Lipinski definition) is 3. The Morgan fingerprint density at radius 1 is 1.07 bits per heavy atom. The van der Waals surface area contributed by atoms with E-state index in [9.17, 15) is 27.7 Å². The number of likely N-dealkylation sites (tertiary alicyclic amines) is 1. The van der Waals surface area contributed by atoms with Crippen LogP contribution in [0.2, 0.25) is 0 Å². The van der Waals surface area contributed by atoms with Crippen molar-refractivity contribution >= 4 is 46.7 Å². The van der Waals surface area contributed by atoms with Crippen molar-refractivity contribution in [3.8, 4) is 0 Å². The number of alkyl halides is 2. The summed E-state index contributed by atoms with van der Waals surface area (Å²) in [4.78, 5) is 62.8. The van der Waals surface area contributed by atoms with Crippen LogP contribution in [0, 0.1) is 5.41 Å². The predicted octanol–water partition coefficient (Wildman–Crippen LogP) is 4.86. The third-order valence-corrected chi connectivity index (χ3v) is 10.3. The van der Waals surface area contributed by atoms with Crippen LogP contribution in [0.4, 0.5) is 8.78 Å². The lowest BCUT2D eigenvalue weighted by molar-refractivity contribution is -0.150. The number of ether oxygens (including phenoxy) is 1. The van der Waals surface area contributed by atoms with Gasteiger partial charge in [0.05, 0.1) is 18.0 Å². The first-order chi connectivity index (χ1) is 21.1. The molecule has 5 rings (SSSR count). The average molecular weight is 664 g/mol. The van der Waals surface area contributed by atoms with Crippen LogP contribution in [-0.2, 0) is 24.6 Å². The Balaban J connectivity index is 1.32. The zero-order valence-electron chi connectivity index (χ0n) is 25.1. The van der Waals surface area contributed by atoms with Crippen LogP contribution in [0.5, 0.6) is 0 Å². The minimum absolute atomic E-state index is 0.137. The van der Waals surface area contributed by atoms with E-state index < -0.39 is 42.2 Å². The van der Waals surface area contributed by atoms with Crippen LogP contribution in [0.25, 0.3) is 10.1 Å². The van der Waals surface area contributed by atoms with Crippen molar-refractivity contribution in [2.24, 2.45) is 5.41 Å². The van der Waals surface area contributed by atoms with Gasteiger partial charge in [-0.05, 0) is 47.4 Å². The van der Waals surface area contributed by atoms with Gasteiger partial charge in [0.25, 0.3) is 5.91 Å². The monoisotopic (exact) mass is 663 g/mol. The zero-order valence-corrected chi connectivity index (χ0v) is 26.8. The second-order valence-electron chi connectivity index (χ2n) is 12.5. The van der Waals surface area contributed by atoms with E-state index in [2.05, 4.69) is 5.32 Å². The first-order valence-electron chi connectivity index (χ1n) is 14.6. The summed E-state index contributed by atoms with van der Waals surface area (Å²) >= 11 is 1.00. The Morgan fingerprint density at radius 3 is 2.44 bits per heavy atom. The molecule has 3 aromatic rings. The predicted molar refractivity (Wildman–Crippen MR) is 165 cm³/mol. The second kappa shape index (κ2) is 12.5. The zero-order chi connectivity index (χ0) is 32.7. The van der Waals surface area contributed by atoms with Crippen molar-refractivity contribution in [3.63, 3.8) is 0 Å². The molecule has 2 aliphatic rings. The lowest BCUT2D eigenvalue weighted by atomic mass is 9.85. The number of fused-ring (bicyclic) bond motifs is 1. The van der Waals surface area contributed by atoms with Gasteiger partial charge in [-0.3, -0.25) is 18.9 Å². The summed E-state index contributed by atoms with van der Waals surface area (Å²) in [5.41, 5.74) is -5.02. The van der Waals surface area contributed by atoms with E-state index >= 15 is 0 Å². The summed E-state index contributed by atoms with van der Waals surface area (Å²) < 4.78 is 46.3. The summed E-state index contributed by atoms with van der Waals surface area (Å²) in [6, 6.07) is 12.5. The van der Waals surface area contributed by atoms with Crippen LogP contribution >= 0.6 is 18.9 Å². The minimum Gasteiger partial charge on any atom is -0.370 e. The summed E-state index contributed by atoms with van der Waals surface area (Å²) in [5, 5.41) is 3.02. The van der Waals surface area contributed by atoms with Gasteiger partial charge in [-0.1, -0.05) is 57.2 Å². The molecule has 242 valence electrons. The molecule has 2 fully saturated rings. The third kappa shape index (κ3) is 6.83. The fourth-order valence-corrected chi connectivity index (χ4v) is 7.17. The molecule has 3 heterocycles. The molecule has 0 saturated carbocycles. The summed E-state index contributed by atoms with van der Waals surface area (Å²) in [6.45, 7) is 6.93. The first-order valence-corrected chi connectivity index (χ1v) is 17.0. The Hall–Kier alpha value is -3.22. The molecule has 3 amide bonds. The molecule has 45 heavy (non-hydrogen) atoms. The number of rotatable bonds is 7. The SMILES string of the molecule is CC(C)(C)C(NC(=O)c1cc2cc(C(F)(F)P(=O)(O)O)ccc2s1)C(=O)N1CCC[C@H]1C(=O)N1CCO[C@@H](c2ccccc2)C1. The number of hydrogen-bond acceptors (Lipinski definition) is 6. The van der Waals surface area contributed by atoms with Gasteiger partial charge in [0, 0.05) is 23.4 Å². The molecule has 3 N–H and O–H groups in total. The maximum atomic E-state index is 14.3. The summed E-state index contributed by atoms with van der Waals surface area (Å²) in [5.74, 6) is -1.14. The normalized spacial score (nSPS) is 20.3. The van der Waals surface area contributed by atoms with E-state index in [0.717, 1.165) is 29.0 Å². The van der Waals surface area contributed by atoms with Gasteiger partial charge in [0.1, 0.15) is 18.2 Å². The van der Waals surface area contributed by atoms with E-state index in [4.69, 9.17) is 14.5 Å². The number of morpholine rings is 1. The quantitative estimate of drug-likeness (QED) is 0.307. The van der Waals surface area contributed by atoms with Crippen LogP contribution in [0.3, 0.4) is 0 Å². The van der Waals surface area contributed by atoms with Gasteiger partial charge in [-0.2, -0.15) is 8.78 Å². The van der Waals surface area contributed by atoms with Gasteiger partial charge in [-0.15, -0.1) is 11.3 Å². The molecule has 2 aliphatic heterocycles. The number of amides is 3. The van der Waals surface area contributed by atoms with Crippen LogP contribution in [0.1, 0.15) is 60.5 Å². The van der Waals surface area contributed by atoms with Crippen molar-refractivity contribution in [2.45, 2.75) is 57.5 Å². The number of nitrogens with zero attached hydrogens (tertiary/aromatic N) is 2. The van der Waals surface area contributed by atoms with Crippen molar-refractivity contribution in [3.05, 3.63) is 70.6 Å². The number of carbonyl (C=O) groups excluding carboxylic acids is 3. The number of nitrogens with one attached hydrogen (secondary N) is 1. The molecule has 2 saturated heterocycles. The maximum absolute atomic E-state index is 14.3. The number of thiophene rings is 1. The molecule has 0 spiro atoms. The van der Waals surface area contributed by atoms with Crippen LogP contribution in [0.15, 0.2) is 54.6 Å². The van der Waals surface area contributed by atoms with Gasteiger partial charge < -0.3 is 29.6 Å². The van der Waals surface area contributed by atoms with E-state index in [1.165, 1.54) is 12.1 Å². The molecule has 0 bridgehead atoms. The number of benzene rings is 2. The molecule has 1 unspecified atom stereocenters. The maximum Gasteiger partial charge on any atom is 0.399 e. The largest absolute Gasteiger partial charge is 0.399 e. The Kier molecular flexibility index (Phi) is 9.23. The first kappa shape index (κ1) is 33.2. The Bertz CT molecular complexity index is 1640. The molecule has 14 heteroatoms. The molecule has 3 atom stereocenters. The Morgan fingerprint density at radius 2 is 1.78 bits per heavy atom. The van der Waals surface area contributed by atoms with Gasteiger partial charge in [0.15, 0.2) is 0 Å². The smallest absolute Gasteiger partial charge is 0.370 e.